The maximum Gasteiger partial charge on any atom is 0.633 e. The van der Waals surface area contributed by atoms with Crippen LogP contribution in [-0.4, -0.2) is 34.2 Å². The molecule has 0 fully saturated rings. The quantitative estimate of drug-likeness (QED) is 0.622. The van der Waals surface area contributed by atoms with Crippen molar-refractivity contribution in [2.45, 2.75) is 60.0 Å². The molecule has 6 heteroatoms. The molecule has 0 rings (SSSR count). The second kappa shape index (κ2) is 9.49. The molecule has 0 heterocycles. The van der Waals surface area contributed by atoms with Gasteiger partial charge in [0.1, 0.15) is 0 Å². The van der Waals surface area contributed by atoms with Crippen molar-refractivity contribution in [3.05, 3.63) is 0 Å². The molecule has 1 amide bonds. The molecule has 18 heavy (non-hydrogen) atoms. The summed E-state index contributed by atoms with van der Waals surface area (Å²) in [6.45, 7) is 10.5. The first-order valence-electron chi connectivity index (χ1n) is 6.80. The summed E-state index contributed by atoms with van der Waals surface area (Å²) in [5.74, 6) is -0.104. The molecule has 0 aromatic carbocycles. The maximum atomic E-state index is 11.6. The van der Waals surface area contributed by atoms with Crippen LogP contribution in [0.5, 0.6) is 0 Å². The van der Waals surface area contributed by atoms with Gasteiger partial charge in [-0.3, -0.25) is 4.79 Å². The predicted octanol–water partition coefficient (Wildman–Crippen LogP) is 2.23. The van der Waals surface area contributed by atoms with E-state index in [0.717, 1.165) is 12.8 Å². The van der Waals surface area contributed by atoms with Crippen LogP contribution in [0.2, 0.25) is 0 Å². The second-order valence-corrected chi connectivity index (χ2v) is 6.22. The average molecular weight is 277 g/mol. The summed E-state index contributed by atoms with van der Waals surface area (Å²) in [6.07, 6.45) is 2.33. The van der Waals surface area contributed by atoms with Crippen LogP contribution in [0, 0.1) is 0 Å². The standard InChI is InChI=1S/C12H27NO4Si/c1-6-10-11(5)17-18(15-8-3,16-9-4)13-12(14)7-2/h11H,6-10H2,1-5H3,(H,13,14). The molecule has 1 unspecified atom stereocenters. The lowest BCUT2D eigenvalue weighted by Crippen LogP contribution is -2.62. The molecule has 1 N–H and O–H groups in total. The molecule has 108 valence electrons. The highest BCUT2D eigenvalue weighted by molar-refractivity contribution is 6.60. The van der Waals surface area contributed by atoms with Gasteiger partial charge in [0.2, 0.25) is 5.91 Å². The van der Waals surface area contributed by atoms with Crippen LogP contribution in [-0.2, 0) is 18.1 Å². The Morgan fingerprint density at radius 2 is 1.72 bits per heavy atom. The van der Waals surface area contributed by atoms with E-state index in [1.807, 2.05) is 20.8 Å². The highest BCUT2D eigenvalue weighted by Crippen LogP contribution is 2.13. The number of hydrogen-bond donors (Lipinski definition) is 1. The number of hydrogen-bond acceptors (Lipinski definition) is 4. The van der Waals surface area contributed by atoms with Gasteiger partial charge in [-0.2, -0.15) is 0 Å². The third-order valence-corrected chi connectivity index (χ3v) is 4.97. The summed E-state index contributed by atoms with van der Waals surface area (Å²) in [5.41, 5.74) is 0. The Balaban J connectivity index is 4.76. The van der Waals surface area contributed by atoms with E-state index < -0.39 is 8.97 Å². The Kier molecular flexibility index (Phi) is 9.26. The van der Waals surface area contributed by atoms with Gasteiger partial charge in [0.05, 0.1) is 0 Å². The molecular weight excluding hydrogens is 250 g/mol. The van der Waals surface area contributed by atoms with Crippen LogP contribution in [0.4, 0.5) is 0 Å². The monoisotopic (exact) mass is 277 g/mol. The van der Waals surface area contributed by atoms with E-state index >= 15 is 0 Å². The van der Waals surface area contributed by atoms with Crippen molar-refractivity contribution in [3.63, 3.8) is 0 Å². The second-order valence-electron chi connectivity index (χ2n) is 4.04. The van der Waals surface area contributed by atoms with Crippen molar-refractivity contribution < 1.29 is 18.1 Å². The normalized spacial score (nSPS) is 13.4. The van der Waals surface area contributed by atoms with E-state index in [2.05, 4.69) is 11.9 Å². The van der Waals surface area contributed by atoms with Crippen LogP contribution in [0.3, 0.4) is 0 Å². The minimum absolute atomic E-state index is 0.0110. The molecule has 0 aliphatic rings. The summed E-state index contributed by atoms with van der Waals surface area (Å²) >= 11 is 0. The van der Waals surface area contributed by atoms with Crippen molar-refractivity contribution >= 4 is 14.9 Å². The Labute approximate surface area is 112 Å². The Bertz CT molecular complexity index is 232. The SMILES string of the molecule is CCCC(C)O[Si](NC(=O)CC)(OCC)OCC. The Morgan fingerprint density at radius 1 is 1.17 bits per heavy atom. The van der Waals surface area contributed by atoms with Crippen LogP contribution in [0.25, 0.3) is 0 Å². The number of carbonyl (C=O) groups is 1. The van der Waals surface area contributed by atoms with E-state index in [1.54, 1.807) is 6.92 Å². The highest BCUT2D eigenvalue weighted by atomic mass is 28.4. The Morgan fingerprint density at radius 3 is 2.11 bits per heavy atom. The number of amides is 1. The van der Waals surface area contributed by atoms with Gasteiger partial charge in [0.25, 0.3) is 0 Å². The van der Waals surface area contributed by atoms with Gasteiger partial charge >= 0.3 is 8.97 Å². The molecule has 1 atom stereocenters. The maximum absolute atomic E-state index is 11.6. The third kappa shape index (κ3) is 6.49. The van der Waals surface area contributed by atoms with Gasteiger partial charge < -0.3 is 18.3 Å². The van der Waals surface area contributed by atoms with Crippen LogP contribution in [0.1, 0.15) is 53.9 Å². The van der Waals surface area contributed by atoms with Gasteiger partial charge in [-0.25, -0.2) is 0 Å². The van der Waals surface area contributed by atoms with Crippen molar-refractivity contribution in [1.82, 2.24) is 4.98 Å². The molecule has 0 saturated heterocycles. The van der Waals surface area contributed by atoms with E-state index in [4.69, 9.17) is 13.3 Å². The van der Waals surface area contributed by atoms with Crippen LogP contribution < -0.4 is 4.98 Å². The number of carbonyl (C=O) groups excluding carboxylic acids is 1. The van der Waals surface area contributed by atoms with Crippen molar-refractivity contribution in [1.29, 1.82) is 0 Å². The highest BCUT2D eigenvalue weighted by Gasteiger charge is 2.45. The third-order valence-electron chi connectivity index (χ3n) is 2.33. The number of rotatable bonds is 10. The fourth-order valence-corrected chi connectivity index (χ4v) is 3.93. The molecule has 0 aliphatic heterocycles. The van der Waals surface area contributed by atoms with E-state index in [1.165, 1.54) is 0 Å². The minimum Gasteiger partial charge on any atom is -0.357 e. The minimum atomic E-state index is -3.08. The van der Waals surface area contributed by atoms with Gasteiger partial charge in [0, 0.05) is 25.7 Å². The summed E-state index contributed by atoms with van der Waals surface area (Å²) in [6, 6.07) is 0. The van der Waals surface area contributed by atoms with Gasteiger partial charge in [-0.1, -0.05) is 20.3 Å². The molecular formula is C12H27NO4Si. The van der Waals surface area contributed by atoms with Gasteiger partial charge in [0.15, 0.2) is 0 Å². The topological polar surface area (TPSA) is 56.8 Å². The summed E-state index contributed by atoms with van der Waals surface area (Å²) in [5, 5.41) is 0. The zero-order valence-electron chi connectivity index (χ0n) is 12.2. The smallest absolute Gasteiger partial charge is 0.357 e. The van der Waals surface area contributed by atoms with E-state index in [-0.39, 0.29) is 12.0 Å². The van der Waals surface area contributed by atoms with Crippen molar-refractivity contribution in [2.75, 3.05) is 13.2 Å². The van der Waals surface area contributed by atoms with E-state index in [0.29, 0.717) is 19.6 Å². The first-order chi connectivity index (χ1) is 8.53. The molecule has 0 aliphatic carbocycles. The number of nitrogens with one attached hydrogen (secondary N) is 1. The largest absolute Gasteiger partial charge is 0.633 e. The summed E-state index contributed by atoms with van der Waals surface area (Å²) in [7, 11) is -3.08. The van der Waals surface area contributed by atoms with Crippen LogP contribution >= 0.6 is 0 Å². The lowest BCUT2D eigenvalue weighted by atomic mass is 10.2. The molecule has 0 aromatic heterocycles. The lowest BCUT2D eigenvalue weighted by molar-refractivity contribution is -0.121. The Hall–Kier alpha value is -0.433. The molecule has 0 spiro atoms. The zero-order valence-corrected chi connectivity index (χ0v) is 13.2. The van der Waals surface area contributed by atoms with Crippen molar-refractivity contribution in [2.24, 2.45) is 0 Å². The lowest BCUT2D eigenvalue weighted by Gasteiger charge is -2.30. The van der Waals surface area contributed by atoms with E-state index in [9.17, 15) is 4.79 Å². The first-order valence-corrected chi connectivity index (χ1v) is 8.52. The molecule has 0 saturated carbocycles. The zero-order chi connectivity index (χ0) is 14.0. The van der Waals surface area contributed by atoms with Crippen molar-refractivity contribution in [3.8, 4) is 0 Å². The summed E-state index contributed by atoms with van der Waals surface area (Å²) in [4.78, 5) is 14.4. The predicted molar refractivity (Wildman–Crippen MR) is 72.9 cm³/mol. The van der Waals surface area contributed by atoms with Gasteiger partial charge in [-0.15, -0.1) is 0 Å². The fourth-order valence-electron chi connectivity index (χ4n) is 1.58. The molecule has 0 radical (unpaired) electrons. The molecule has 0 bridgehead atoms. The van der Waals surface area contributed by atoms with Gasteiger partial charge in [-0.05, 0) is 27.2 Å². The van der Waals surface area contributed by atoms with Crippen LogP contribution in [0.15, 0.2) is 0 Å². The molecule has 5 nitrogen and oxygen atoms in total. The fraction of sp³-hybridized carbons (Fsp3) is 0.917. The molecule has 0 aromatic rings. The summed E-state index contributed by atoms with van der Waals surface area (Å²) < 4.78 is 17.1. The first kappa shape index (κ1) is 17.6. The average Bonchev–Trinajstić information content (AvgIpc) is 2.29.